The van der Waals surface area contributed by atoms with E-state index in [2.05, 4.69) is 0 Å². The molecule has 1 rings (SSSR count). The average Bonchev–Trinajstić information content (AvgIpc) is 2.86. The van der Waals surface area contributed by atoms with Gasteiger partial charge in [-0.15, -0.1) is 0 Å². The van der Waals surface area contributed by atoms with Gasteiger partial charge in [-0.1, -0.05) is 30.7 Å². The van der Waals surface area contributed by atoms with E-state index in [1.165, 1.54) is 0 Å². The summed E-state index contributed by atoms with van der Waals surface area (Å²) in [7, 11) is 0. The zero-order valence-corrected chi connectivity index (χ0v) is 15.3. The molecule has 0 heterocycles. The fourth-order valence-electron chi connectivity index (χ4n) is 3.38. The molecular formula is C20H32NO5. The lowest BCUT2D eigenvalue weighted by molar-refractivity contribution is -0.118. The molecule has 1 amide bonds. The van der Waals surface area contributed by atoms with Crippen LogP contribution in [0.4, 0.5) is 0 Å². The molecule has 0 aromatic rings. The molecule has 1 fully saturated rings. The van der Waals surface area contributed by atoms with Crippen molar-refractivity contribution < 1.29 is 24.9 Å². The highest BCUT2D eigenvalue weighted by atomic mass is 16.3. The number of aliphatic hydroxyl groups excluding tert-OH is 3. The van der Waals surface area contributed by atoms with Crippen LogP contribution in [0.3, 0.4) is 0 Å². The first-order valence-electron chi connectivity index (χ1n) is 9.46. The number of unbranched alkanes of at least 4 members (excludes halogenated alkanes) is 3. The lowest BCUT2D eigenvalue weighted by atomic mass is 9.89. The van der Waals surface area contributed by atoms with E-state index in [1.54, 1.807) is 12.2 Å². The fourth-order valence-corrected chi connectivity index (χ4v) is 3.38. The van der Waals surface area contributed by atoms with Crippen LogP contribution in [0.1, 0.15) is 57.8 Å². The highest BCUT2D eigenvalue weighted by Crippen LogP contribution is 2.36. The first kappa shape index (κ1) is 22.5. The molecule has 0 aliphatic heterocycles. The molecule has 0 spiro atoms. The van der Waals surface area contributed by atoms with Gasteiger partial charge in [0.2, 0.25) is 5.91 Å². The fraction of sp³-hybridized carbons (Fsp3) is 0.700. The van der Waals surface area contributed by atoms with Gasteiger partial charge in [-0.3, -0.25) is 9.59 Å². The number of hydrogen-bond acceptors (Lipinski definition) is 5. The molecule has 147 valence electrons. The monoisotopic (exact) mass is 366 g/mol. The van der Waals surface area contributed by atoms with E-state index >= 15 is 0 Å². The second-order valence-corrected chi connectivity index (χ2v) is 7.02. The molecule has 0 aromatic carbocycles. The molecular weight excluding hydrogens is 334 g/mol. The molecule has 1 aliphatic rings. The molecule has 1 radical (unpaired) electrons. The van der Waals surface area contributed by atoms with E-state index in [0.29, 0.717) is 44.9 Å². The second-order valence-electron chi connectivity index (χ2n) is 7.02. The van der Waals surface area contributed by atoms with Crippen molar-refractivity contribution in [3.8, 4) is 0 Å². The lowest BCUT2D eigenvalue weighted by Gasteiger charge is -2.19. The molecule has 1 saturated carbocycles. The van der Waals surface area contributed by atoms with Crippen molar-refractivity contribution in [1.29, 1.82) is 0 Å². The normalized spacial score (nSPS) is 27.3. The van der Waals surface area contributed by atoms with Crippen LogP contribution in [-0.2, 0) is 9.59 Å². The number of hydrogen-bond donors (Lipinski definition) is 4. The van der Waals surface area contributed by atoms with Crippen LogP contribution in [0.25, 0.3) is 0 Å². The predicted molar refractivity (Wildman–Crippen MR) is 99.7 cm³/mol. The van der Waals surface area contributed by atoms with E-state index in [-0.39, 0.29) is 17.7 Å². The maximum atomic E-state index is 10.7. The molecule has 0 bridgehead atoms. The Morgan fingerprint density at radius 3 is 2.65 bits per heavy atom. The molecule has 1 aliphatic carbocycles. The topological polar surface area (TPSA) is 121 Å². The summed E-state index contributed by atoms with van der Waals surface area (Å²) in [4.78, 5) is 20.8. The van der Waals surface area contributed by atoms with Gasteiger partial charge < -0.3 is 21.1 Å². The van der Waals surface area contributed by atoms with Crippen molar-refractivity contribution in [3.05, 3.63) is 24.3 Å². The Labute approximate surface area is 155 Å². The quantitative estimate of drug-likeness (QED) is 0.291. The van der Waals surface area contributed by atoms with Crippen molar-refractivity contribution in [2.45, 2.75) is 76.1 Å². The van der Waals surface area contributed by atoms with E-state index in [9.17, 15) is 24.9 Å². The highest BCUT2D eigenvalue weighted by Gasteiger charge is 2.39. The van der Waals surface area contributed by atoms with Gasteiger partial charge in [0.05, 0.1) is 18.3 Å². The van der Waals surface area contributed by atoms with Gasteiger partial charge in [0.25, 0.3) is 0 Å². The minimum atomic E-state index is -0.636. The van der Waals surface area contributed by atoms with Gasteiger partial charge in [-0.2, -0.15) is 0 Å². The van der Waals surface area contributed by atoms with Gasteiger partial charge >= 0.3 is 0 Å². The summed E-state index contributed by atoms with van der Waals surface area (Å²) in [5, 5.41) is 30.4. The number of rotatable bonds is 13. The van der Waals surface area contributed by atoms with E-state index in [1.807, 2.05) is 18.4 Å². The molecule has 0 saturated heterocycles. The second kappa shape index (κ2) is 12.8. The zero-order valence-electron chi connectivity index (χ0n) is 15.3. The molecule has 0 unspecified atom stereocenters. The Morgan fingerprint density at radius 1 is 1.19 bits per heavy atom. The summed E-state index contributed by atoms with van der Waals surface area (Å²) in [5.74, 6) is -0.617. The van der Waals surface area contributed by atoms with Crippen molar-refractivity contribution >= 4 is 12.2 Å². The van der Waals surface area contributed by atoms with Crippen LogP contribution in [0.2, 0.25) is 0 Å². The Hall–Kier alpha value is -1.50. The van der Waals surface area contributed by atoms with Crippen molar-refractivity contribution in [2.24, 2.45) is 17.6 Å². The Morgan fingerprint density at radius 2 is 1.96 bits per heavy atom. The van der Waals surface area contributed by atoms with Crippen LogP contribution in [0.5, 0.6) is 0 Å². The predicted octanol–water partition coefficient (Wildman–Crippen LogP) is 1.53. The molecule has 0 aromatic heterocycles. The van der Waals surface area contributed by atoms with Crippen LogP contribution < -0.4 is 5.73 Å². The van der Waals surface area contributed by atoms with Gasteiger partial charge in [0, 0.05) is 25.2 Å². The number of nitrogens with two attached hydrogens (primary N) is 1. The van der Waals surface area contributed by atoms with Gasteiger partial charge in [0.1, 0.15) is 0 Å². The summed E-state index contributed by atoms with van der Waals surface area (Å²) in [6.07, 6.45) is 12.7. The maximum absolute atomic E-state index is 10.7. The third-order valence-corrected chi connectivity index (χ3v) is 4.87. The number of allylic oxidation sites excluding steroid dienone is 2. The van der Waals surface area contributed by atoms with E-state index < -0.39 is 18.3 Å². The third-order valence-electron chi connectivity index (χ3n) is 4.87. The summed E-state index contributed by atoms with van der Waals surface area (Å²) in [6.45, 7) is 0. The average molecular weight is 366 g/mol. The number of carbonyl (C=O) groups is 1. The molecule has 6 nitrogen and oxygen atoms in total. The van der Waals surface area contributed by atoms with Crippen molar-refractivity contribution in [2.75, 3.05) is 0 Å². The molecule has 6 heteroatoms. The minimum absolute atomic E-state index is 0.0859. The lowest BCUT2D eigenvalue weighted by Crippen LogP contribution is -2.20. The molecule has 5 N–H and O–H groups in total. The number of primary amides is 1. The van der Waals surface area contributed by atoms with Crippen molar-refractivity contribution in [1.82, 2.24) is 0 Å². The SMILES string of the molecule is NC(=O)CCCC[C@H](O)/C=C/[C@@H]1[C@@H](C/C=C\CCC[C]=O)[C@@H](O)C[C@H]1O. The van der Waals surface area contributed by atoms with E-state index in [0.717, 1.165) is 12.8 Å². The molecule has 5 atom stereocenters. The van der Waals surface area contributed by atoms with Crippen LogP contribution >= 0.6 is 0 Å². The summed E-state index contributed by atoms with van der Waals surface area (Å²) in [6, 6.07) is 0. The minimum Gasteiger partial charge on any atom is -0.393 e. The molecule has 26 heavy (non-hydrogen) atoms. The first-order chi connectivity index (χ1) is 12.5. The van der Waals surface area contributed by atoms with Gasteiger partial charge in [-0.05, 0) is 38.0 Å². The third kappa shape index (κ3) is 8.74. The summed E-state index contributed by atoms with van der Waals surface area (Å²) < 4.78 is 0. The van der Waals surface area contributed by atoms with E-state index in [4.69, 9.17) is 5.73 Å². The maximum Gasteiger partial charge on any atom is 0.217 e. The van der Waals surface area contributed by atoms with Crippen LogP contribution in [0, 0.1) is 11.8 Å². The van der Waals surface area contributed by atoms with Crippen molar-refractivity contribution in [3.63, 3.8) is 0 Å². The Balaban J connectivity index is 2.44. The number of carbonyl (C=O) groups excluding carboxylic acids is 2. The number of amides is 1. The zero-order chi connectivity index (χ0) is 19.4. The Bertz CT molecular complexity index is 477. The highest BCUT2D eigenvalue weighted by molar-refractivity contribution is 5.73. The Kier molecular flexibility index (Phi) is 11.1. The standard InChI is InChI=1S/C20H32NO5/c21-20(26)10-6-5-8-15(23)11-12-17-16(18(24)14-19(17)25)9-4-2-1-3-7-13-22/h2,4,11-12,15-19,23-25H,1,3,5-10,14H2,(H2,21,26)/b4-2-,12-11+/t15-,16+,17+,18-,19+/m0/s1. The summed E-state index contributed by atoms with van der Waals surface area (Å²) >= 11 is 0. The van der Waals surface area contributed by atoms with Gasteiger partial charge in [-0.25, -0.2) is 0 Å². The number of aliphatic hydroxyl groups is 3. The largest absolute Gasteiger partial charge is 0.393 e. The smallest absolute Gasteiger partial charge is 0.217 e. The van der Waals surface area contributed by atoms with Crippen LogP contribution in [0.15, 0.2) is 24.3 Å². The van der Waals surface area contributed by atoms with Crippen LogP contribution in [-0.4, -0.2) is 45.8 Å². The van der Waals surface area contributed by atoms with Gasteiger partial charge in [0.15, 0.2) is 6.29 Å². The summed E-state index contributed by atoms with van der Waals surface area (Å²) in [5.41, 5.74) is 5.08. The first-order valence-corrected chi connectivity index (χ1v) is 9.46.